The van der Waals surface area contributed by atoms with Crippen LogP contribution in [0.1, 0.15) is 19.8 Å². The second kappa shape index (κ2) is 5.30. The molecule has 6 heteroatoms. The lowest BCUT2D eigenvalue weighted by molar-refractivity contribution is 0.341. The molecule has 1 rings (SSSR count). The van der Waals surface area contributed by atoms with Crippen LogP contribution in [0.25, 0.3) is 0 Å². The fourth-order valence-corrected chi connectivity index (χ4v) is 2.61. The predicted molar refractivity (Wildman–Crippen MR) is 60.0 cm³/mol. The Bertz CT molecular complexity index is 265. The molecule has 0 aromatic carbocycles. The maximum atomic E-state index is 11.5. The van der Waals surface area contributed by atoms with Gasteiger partial charge in [0.1, 0.15) is 0 Å². The van der Waals surface area contributed by atoms with Gasteiger partial charge in [0.15, 0.2) is 0 Å². The molecular formula is C8H19ClN2O2S. The highest BCUT2D eigenvalue weighted by molar-refractivity contribution is 7.89. The Morgan fingerprint density at radius 3 is 2.29 bits per heavy atom. The largest absolute Gasteiger partial charge is 0.329 e. The van der Waals surface area contributed by atoms with E-state index >= 15 is 0 Å². The summed E-state index contributed by atoms with van der Waals surface area (Å²) < 4.78 is 24.5. The molecule has 0 aliphatic heterocycles. The van der Waals surface area contributed by atoms with Gasteiger partial charge in [-0.15, -0.1) is 12.4 Å². The summed E-state index contributed by atoms with van der Waals surface area (Å²) in [5.74, 6) is 0.656. The summed E-state index contributed by atoms with van der Waals surface area (Å²) in [4.78, 5) is 0. The maximum Gasteiger partial charge on any atom is 0.213 e. The van der Waals surface area contributed by atoms with E-state index in [1.807, 2.05) is 0 Å². The van der Waals surface area contributed by atoms with Gasteiger partial charge in [0.2, 0.25) is 10.0 Å². The zero-order valence-electron chi connectivity index (χ0n) is 8.64. The molecule has 0 saturated heterocycles. The second-order valence-corrected chi connectivity index (χ2v) is 5.87. The van der Waals surface area contributed by atoms with Crippen molar-refractivity contribution in [3.8, 4) is 0 Å². The monoisotopic (exact) mass is 242 g/mol. The predicted octanol–water partition coefficient (Wildman–Crippen LogP) is 0.427. The SMILES string of the molecule is CCS(=O)(=O)N(C)C(CN)C1CC1.Cl. The average molecular weight is 243 g/mol. The topological polar surface area (TPSA) is 63.4 Å². The molecule has 1 aliphatic carbocycles. The number of hydrogen-bond acceptors (Lipinski definition) is 3. The molecule has 0 aromatic heterocycles. The Hall–Kier alpha value is 0.160. The van der Waals surface area contributed by atoms with Crippen molar-refractivity contribution in [3.05, 3.63) is 0 Å². The van der Waals surface area contributed by atoms with Crippen LogP contribution in [0.3, 0.4) is 0 Å². The van der Waals surface area contributed by atoms with Gasteiger partial charge >= 0.3 is 0 Å². The third-order valence-electron chi connectivity index (χ3n) is 2.68. The Balaban J connectivity index is 0.00000169. The molecular weight excluding hydrogens is 224 g/mol. The van der Waals surface area contributed by atoms with Gasteiger partial charge < -0.3 is 5.73 Å². The number of nitrogens with two attached hydrogens (primary N) is 1. The van der Waals surface area contributed by atoms with Crippen LogP contribution in [0.15, 0.2) is 0 Å². The molecule has 0 amide bonds. The lowest BCUT2D eigenvalue weighted by atomic mass is 10.2. The van der Waals surface area contributed by atoms with Crippen LogP contribution >= 0.6 is 12.4 Å². The van der Waals surface area contributed by atoms with Gasteiger partial charge in [0.05, 0.1) is 5.75 Å². The highest BCUT2D eigenvalue weighted by atomic mass is 35.5. The molecule has 0 radical (unpaired) electrons. The molecule has 1 fully saturated rings. The summed E-state index contributed by atoms with van der Waals surface area (Å²) in [5, 5.41) is 0. The molecule has 0 aromatic rings. The van der Waals surface area contributed by atoms with Crippen molar-refractivity contribution in [2.45, 2.75) is 25.8 Å². The second-order valence-electron chi connectivity index (χ2n) is 3.56. The van der Waals surface area contributed by atoms with Crippen molar-refractivity contribution < 1.29 is 8.42 Å². The van der Waals surface area contributed by atoms with E-state index in [2.05, 4.69) is 0 Å². The van der Waals surface area contributed by atoms with E-state index in [9.17, 15) is 8.42 Å². The fraction of sp³-hybridized carbons (Fsp3) is 1.00. The molecule has 14 heavy (non-hydrogen) atoms. The molecule has 1 saturated carbocycles. The molecule has 1 atom stereocenters. The number of sulfonamides is 1. The number of rotatable bonds is 5. The summed E-state index contributed by atoms with van der Waals surface area (Å²) >= 11 is 0. The van der Waals surface area contributed by atoms with Crippen LogP contribution < -0.4 is 5.73 Å². The summed E-state index contributed by atoms with van der Waals surface area (Å²) in [6.07, 6.45) is 2.23. The number of hydrogen-bond donors (Lipinski definition) is 1. The van der Waals surface area contributed by atoms with Crippen molar-refractivity contribution in [2.24, 2.45) is 11.7 Å². The summed E-state index contributed by atoms with van der Waals surface area (Å²) in [5.41, 5.74) is 5.56. The van der Waals surface area contributed by atoms with Crippen molar-refractivity contribution in [1.82, 2.24) is 4.31 Å². The van der Waals surface area contributed by atoms with Crippen LogP contribution in [-0.4, -0.2) is 38.1 Å². The average Bonchev–Trinajstić information content (AvgIpc) is 2.89. The van der Waals surface area contributed by atoms with Crippen LogP contribution in [0.5, 0.6) is 0 Å². The highest BCUT2D eigenvalue weighted by Crippen LogP contribution is 2.35. The molecule has 86 valence electrons. The van der Waals surface area contributed by atoms with E-state index in [1.165, 1.54) is 4.31 Å². The standard InChI is InChI=1S/C8H18N2O2S.ClH/c1-3-13(11,12)10(2)8(6-9)7-4-5-7;/h7-8H,3-6,9H2,1-2H3;1H. The van der Waals surface area contributed by atoms with Crippen molar-refractivity contribution in [3.63, 3.8) is 0 Å². The summed E-state index contributed by atoms with van der Waals surface area (Å²) in [6.45, 7) is 2.09. The first kappa shape index (κ1) is 14.2. The lowest BCUT2D eigenvalue weighted by Gasteiger charge is -2.25. The minimum Gasteiger partial charge on any atom is -0.329 e. The van der Waals surface area contributed by atoms with Gasteiger partial charge in [-0.1, -0.05) is 0 Å². The van der Waals surface area contributed by atoms with E-state index in [0.29, 0.717) is 12.5 Å². The van der Waals surface area contributed by atoms with Gasteiger partial charge in [-0.05, 0) is 25.7 Å². The minimum absolute atomic E-state index is 0. The smallest absolute Gasteiger partial charge is 0.213 e. The zero-order chi connectivity index (χ0) is 10.1. The van der Waals surface area contributed by atoms with Crippen molar-refractivity contribution in [1.29, 1.82) is 0 Å². The maximum absolute atomic E-state index is 11.5. The first-order chi connectivity index (χ1) is 6.03. The third kappa shape index (κ3) is 3.08. The van der Waals surface area contributed by atoms with Gasteiger partial charge in [0.25, 0.3) is 0 Å². The first-order valence-corrected chi connectivity index (χ1v) is 6.29. The molecule has 0 spiro atoms. The Morgan fingerprint density at radius 2 is 2.00 bits per heavy atom. The minimum atomic E-state index is -3.06. The molecule has 4 nitrogen and oxygen atoms in total. The van der Waals surface area contributed by atoms with Gasteiger partial charge in [-0.3, -0.25) is 0 Å². The van der Waals surface area contributed by atoms with Gasteiger partial charge in [-0.25, -0.2) is 12.7 Å². The van der Waals surface area contributed by atoms with Crippen LogP contribution in [-0.2, 0) is 10.0 Å². The molecule has 2 N–H and O–H groups in total. The molecule has 1 unspecified atom stereocenters. The summed E-state index contributed by atoms with van der Waals surface area (Å²) in [6, 6.07) is 0.0185. The van der Waals surface area contributed by atoms with Gasteiger partial charge in [0, 0.05) is 19.6 Å². The van der Waals surface area contributed by atoms with E-state index in [0.717, 1.165) is 12.8 Å². The van der Waals surface area contributed by atoms with Crippen molar-refractivity contribution >= 4 is 22.4 Å². The highest BCUT2D eigenvalue weighted by Gasteiger charge is 2.36. The summed E-state index contributed by atoms with van der Waals surface area (Å²) in [7, 11) is -1.43. The molecule has 0 heterocycles. The normalized spacial score (nSPS) is 19.1. The van der Waals surface area contributed by atoms with Crippen LogP contribution in [0.2, 0.25) is 0 Å². The number of nitrogens with zero attached hydrogens (tertiary/aromatic N) is 1. The van der Waals surface area contributed by atoms with Gasteiger partial charge in [-0.2, -0.15) is 0 Å². The van der Waals surface area contributed by atoms with E-state index in [4.69, 9.17) is 5.73 Å². The Kier molecular flexibility index (Phi) is 5.36. The zero-order valence-corrected chi connectivity index (χ0v) is 10.3. The Labute approximate surface area is 92.3 Å². The van der Waals surface area contributed by atoms with E-state index in [1.54, 1.807) is 14.0 Å². The van der Waals surface area contributed by atoms with Crippen LogP contribution in [0, 0.1) is 5.92 Å². The van der Waals surface area contributed by atoms with E-state index < -0.39 is 10.0 Å². The Morgan fingerprint density at radius 1 is 1.50 bits per heavy atom. The molecule has 1 aliphatic rings. The first-order valence-electron chi connectivity index (χ1n) is 4.68. The number of likely N-dealkylation sites (N-methyl/N-ethyl adjacent to an activating group) is 1. The third-order valence-corrected chi connectivity index (χ3v) is 4.56. The fourth-order valence-electron chi connectivity index (χ4n) is 1.53. The number of halogens is 1. The van der Waals surface area contributed by atoms with Crippen LogP contribution in [0.4, 0.5) is 0 Å². The van der Waals surface area contributed by atoms with E-state index in [-0.39, 0.29) is 24.2 Å². The lowest BCUT2D eigenvalue weighted by Crippen LogP contribution is -2.43. The quantitative estimate of drug-likeness (QED) is 0.761. The van der Waals surface area contributed by atoms with Crippen molar-refractivity contribution in [2.75, 3.05) is 19.3 Å². The molecule has 0 bridgehead atoms.